The van der Waals surface area contributed by atoms with E-state index >= 15 is 0 Å². The summed E-state index contributed by atoms with van der Waals surface area (Å²) in [5.41, 5.74) is 2.23. The maximum Gasteiger partial charge on any atom is 0.0455 e. The van der Waals surface area contributed by atoms with Crippen LogP contribution in [0, 0.1) is 6.92 Å². The van der Waals surface area contributed by atoms with Gasteiger partial charge in [-0.3, -0.25) is 0 Å². The number of rotatable bonds is 7. The molecule has 0 aromatic heterocycles. The smallest absolute Gasteiger partial charge is 0.0455 e. The van der Waals surface area contributed by atoms with E-state index < -0.39 is 0 Å². The normalized spacial score (nSPS) is 10.4. The summed E-state index contributed by atoms with van der Waals surface area (Å²) in [6.45, 7) is 3.30. The molecule has 0 aliphatic rings. The summed E-state index contributed by atoms with van der Waals surface area (Å²) in [7, 11) is 0. The van der Waals surface area contributed by atoms with E-state index in [-0.39, 0.29) is 0 Å². The SMILES string of the molecule is Cc1c(Cl)cccc1NCCCCCCO. The first-order valence-corrected chi connectivity index (χ1v) is 6.23. The summed E-state index contributed by atoms with van der Waals surface area (Å²) in [6, 6.07) is 5.92. The van der Waals surface area contributed by atoms with Crippen molar-refractivity contribution in [2.24, 2.45) is 0 Å². The van der Waals surface area contributed by atoms with E-state index in [0.717, 1.165) is 48.5 Å². The van der Waals surface area contributed by atoms with Gasteiger partial charge in [-0.1, -0.05) is 30.5 Å². The largest absolute Gasteiger partial charge is 0.396 e. The van der Waals surface area contributed by atoms with E-state index in [1.807, 2.05) is 19.1 Å². The van der Waals surface area contributed by atoms with Crippen molar-refractivity contribution in [1.82, 2.24) is 0 Å². The fraction of sp³-hybridized carbons (Fsp3) is 0.538. The summed E-state index contributed by atoms with van der Waals surface area (Å²) in [6.07, 6.45) is 4.31. The third-order valence-corrected chi connectivity index (χ3v) is 3.08. The van der Waals surface area contributed by atoms with Gasteiger partial charge in [0.2, 0.25) is 0 Å². The van der Waals surface area contributed by atoms with Crippen molar-refractivity contribution in [3.63, 3.8) is 0 Å². The van der Waals surface area contributed by atoms with Gasteiger partial charge in [-0.2, -0.15) is 0 Å². The van der Waals surface area contributed by atoms with E-state index in [4.69, 9.17) is 16.7 Å². The molecular formula is C13H20ClNO. The van der Waals surface area contributed by atoms with Crippen molar-refractivity contribution < 1.29 is 5.11 Å². The number of benzene rings is 1. The molecule has 0 amide bonds. The van der Waals surface area contributed by atoms with Crippen molar-refractivity contribution in [1.29, 1.82) is 0 Å². The van der Waals surface area contributed by atoms with Gasteiger partial charge < -0.3 is 10.4 Å². The number of aliphatic hydroxyl groups excluding tert-OH is 1. The van der Waals surface area contributed by atoms with E-state index in [0.29, 0.717) is 6.61 Å². The Balaban J connectivity index is 2.24. The first-order chi connectivity index (χ1) is 7.75. The molecule has 2 N–H and O–H groups in total. The van der Waals surface area contributed by atoms with Crippen molar-refractivity contribution in [3.8, 4) is 0 Å². The lowest BCUT2D eigenvalue weighted by atomic mass is 10.1. The summed E-state index contributed by atoms with van der Waals surface area (Å²) in [4.78, 5) is 0. The molecule has 90 valence electrons. The molecule has 0 spiro atoms. The molecule has 0 heterocycles. The van der Waals surface area contributed by atoms with Gasteiger partial charge in [0.25, 0.3) is 0 Å². The van der Waals surface area contributed by atoms with Gasteiger partial charge in [-0.05, 0) is 37.5 Å². The highest BCUT2D eigenvalue weighted by molar-refractivity contribution is 6.31. The summed E-state index contributed by atoms with van der Waals surface area (Å²) in [5, 5.41) is 12.8. The Bertz CT molecular complexity index is 315. The maximum absolute atomic E-state index is 8.64. The van der Waals surface area contributed by atoms with Crippen LogP contribution in [0.3, 0.4) is 0 Å². The molecule has 0 saturated carbocycles. The van der Waals surface area contributed by atoms with E-state index in [1.165, 1.54) is 0 Å². The molecule has 2 nitrogen and oxygen atoms in total. The van der Waals surface area contributed by atoms with Gasteiger partial charge >= 0.3 is 0 Å². The predicted molar refractivity (Wildman–Crippen MR) is 70.2 cm³/mol. The molecule has 0 bridgehead atoms. The van der Waals surface area contributed by atoms with Crippen LogP contribution in [0.15, 0.2) is 18.2 Å². The second-order valence-electron chi connectivity index (χ2n) is 3.98. The van der Waals surface area contributed by atoms with E-state index in [2.05, 4.69) is 11.4 Å². The number of hydrogen-bond acceptors (Lipinski definition) is 2. The van der Waals surface area contributed by atoms with Gasteiger partial charge in [0.05, 0.1) is 0 Å². The number of aliphatic hydroxyl groups is 1. The van der Waals surface area contributed by atoms with E-state index in [9.17, 15) is 0 Å². The van der Waals surface area contributed by atoms with Crippen molar-refractivity contribution in [2.75, 3.05) is 18.5 Å². The predicted octanol–water partition coefficient (Wildman–Crippen LogP) is 3.61. The Kier molecular flexibility index (Phi) is 6.27. The average Bonchev–Trinajstić information content (AvgIpc) is 2.29. The third-order valence-electron chi connectivity index (χ3n) is 2.67. The second-order valence-corrected chi connectivity index (χ2v) is 4.38. The molecule has 1 rings (SSSR count). The molecule has 1 aromatic carbocycles. The van der Waals surface area contributed by atoms with Crippen molar-refractivity contribution in [2.45, 2.75) is 32.6 Å². The zero-order valence-electron chi connectivity index (χ0n) is 9.80. The average molecular weight is 242 g/mol. The number of nitrogens with one attached hydrogen (secondary N) is 1. The highest BCUT2D eigenvalue weighted by Crippen LogP contribution is 2.22. The molecule has 0 radical (unpaired) electrons. The van der Waals surface area contributed by atoms with Gasteiger partial charge in [0.15, 0.2) is 0 Å². The number of unbranched alkanes of at least 4 members (excludes halogenated alkanes) is 3. The number of hydrogen-bond donors (Lipinski definition) is 2. The second kappa shape index (κ2) is 7.53. The number of anilines is 1. The Morgan fingerprint density at radius 3 is 2.69 bits per heavy atom. The summed E-state index contributed by atoms with van der Waals surface area (Å²) >= 11 is 6.03. The van der Waals surface area contributed by atoms with Crippen LogP contribution in [0.5, 0.6) is 0 Å². The highest BCUT2D eigenvalue weighted by atomic mass is 35.5. The molecule has 0 unspecified atom stereocenters. The first kappa shape index (κ1) is 13.3. The van der Waals surface area contributed by atoms with Crippen molar-refractivity contribution in [3.05, 3.63) is 28.8 Å². The summed E-state index contributed by atoms with van der Waals surface area (Å²) < 4.78 is 0. The Hall–Kier alpha value is -0.730. The fourth-order valence-electron chi connectivity index (χ4n) is 1.61. The minimum absolute atomic E-state index is 0.306. The van der Waals surface area contributed by atoms with Crippen LogP contribution < -0.4 is 5.32 Å². The molecule has 0 fully saturated rings. The molecular weight excluding hydrogens is 222 g/mol. The Morgan fingerprint density at radius 2 is 1.94 bits per heavy atom. The highest BCUT2D eigenvalue weighted by Gasteiger charge is 2.00. The lowest BCUT2D eigenvalue weighted by Gasteiger charge is -2.10. The monoisotopic (exact) mass is 241 g/mol. The lowest BCUT2D eigenvalue weighted by Crippen LogP contribution is -2.03. The maximum atomic E-state index is 8.64. The minimum Gasteiger partial charge on any atom is -0.396 e. The van der Waals surface area contributed by atoms with Crippen LogP contribution in [0.2, 0.25) is 5.02 Å². The van der Waals surface area contributed by atoms with Crippen LogP contribution in [0.1, 0.15) is 31.2 Å². The van der Waals surface area contributed by atoms with Gasteiger partial charge in [0.1, 0.15) is 0 Å². The van der Waals surface area contributed by atoms with Crippen molar-refractivity contribution >= 4 is 17.3 Å². The van der Waals surface area contributed by atoms with Crippen LogP contribution in [0.4, 0.5) is 5.69 Å². The minimum atomic E-state index is 0.306. The standard InChI is InChI=1S/C13H20ClNO/c1-11-12(14)7-6-8-13(11)15-9-4-2-3-5-10-16/h6-8,15-16H,2-5,9-10H2,1H3. The Labute approximate surface area is 103 Å². The quantitative estimate of drug-likeness (QED) is 0.715. The molecule has 0 saturated heterocycles. The van der Waals surface area contributed by atoms with Crippen LogP contribution in [-0.4, -0.2) is 18.3 Å². The topological polar surface area (TPSA) is 32.3 Å². The molecule has 1 aromatic rings. The van der Waals surface area contributed by atoms with E-state index in [1.54, 1.807) is 0 Å². The molecule has 3 heteroatoms. The molecule has 0 atom stereocenters. The first-order valence-electron chi connectivity index (χ1n) is 5.85. The number of halogens is 1. The van der Waals surface area contributed by atoms with Crippen LogP contribution in [0.25, 0.3) is 0 Å². The molecule has 0 aliphatic carbocycles. The molecule has 0 aliphatic heterocycles. The van der Waals surface area contributed by atoms with Gasteiger partial charge in [0, 0.05) is 23.9 Å². The van der Waals surface area contributed by atoms with Crippen LogP contribution >= 0.6 is 11.6 Å². The van der Waals surface area contributed by atoms with Gasteiger partial charge in [-0.25, -0.2) is 0 Å². The van der Waals surface area contributed by atoms with Crippen LogP contribution in [-0.2, 0) is 0 Å². The molecule has 16 heavy (non-hydrogen) atoms. The summed E-state index contributed by atoms with van der Waals surface area (Å²) in [5.74, 6) is 0. The fourth-order valence-corrected chi connectivity index (χ4v) is 1.79. The Morgan fingerprint density at radius 1 is 1.19 bits per heavy atom. The zero-order chi connectivity index (χ0) is 11.8. The zero-order valence-corrected chi connectivity index (χ0v) is 10.6. The van der Waals surface area contributed by atoms with Gasteiger partial charge in [-0.15, -0.1) is 0 Å². The third kappa shape index (κ3) is 4.42. The lowest BCUT2D eigenvalue weighted by molar-refractivity contribution is 0.283.